The monoisotopic (exact) mass is 244 g/mol. The molecule has 0 aromatic heterocycles. The average Bonchev–Trinajstić information content (AvgIpc) is 2.76. The smallest absolute Gasteiger partial charge is 0.0830 e. The Balaban J connectivity index is 2.11. The lowest BCUT2D eigenvalue weighted by molar-refractivity contribution is 0.100. The molecule has 98 valence electrons. The van der Waals surface area contributed by atoms with E-state index >= 15 is 0 Å². The lowest BCUT2D eigenvalue weighted by Gasteiger charge is -2.16. The Labute approximate surface area is 111 Å². The van der Waals surface area contributed by atoms with Crippen molar-refractivity contribution in [1.29, 1.82) is 0 Å². The first-order chi connectivity index (χ1) is 8.63. The quantitative estimate of drug-likeness (QED) is 0.838. The Morgan fingerprint density at radius 3 is 2.61 bits per heavy atom. The van der Waals surface area contributed by atoms with Crippen LogP contribution in [0.3, 0.4) is 0 Å². The molecule has 0 aliphatic heterocycles. The van der Waals surface area contributed by atoms with Crippen LogP contribution in [0.4, 0.5) is 0 Å². The first-order valence-electron chi connectivity index (χ1n) is 7.14. The summed E-state index contributed by atoms with van der Waals surface area (Å²) in [4.78, 5) is 0. The summed E-state index contributed by atoms with van der Waals surface area (Å²) in [5.41, 5.74) is 3.40. The molecule has 0 heterocycles. The zero-order chi connectivity index (χ0) is 13.0. The van der Waals surface area contributed by atoms with Gasteiger partial charge in [0.2, 0.25) is 0 Å². The third kappa shape index (κ3) is 3.23. The minimum atomic E-state index is -0.547. The SMILES string of the molecule is CCCc1ccc(/C=C/C2(O)CCCC2)c(C)c1. The zero-order valence-corrected chi connectivity index (χ0v) is 11.6. The summed E-state index contributed by atoms with van der Waals surface area (Å²) >= 11 is 0. The van der Waals surface area contributed by atoms with E-state index in [1.54, 1.807) is 0 Å². The molecule has 18 heavy (non-hydrogen) atoms. The standard InChI is InChI=1S/C17H24O/c1-3-6-15-7-8-16(14(2)13-15)9-12-17(18)10-4-5-11-17/h7-9,12-13,18H,3-6,10-11H2,1-2H3/b12-9+. The Hall–Kier alpha value is -1.08. The van der Waals surface area contributed by atoms with E-state index in [4.69, 9.17) is 0 Å². The summed E-state index contributed by atoms with van der Waals surface area (Å²) in [5.74, 6) is 0. The molecule has 1 aliphatic carbocycles. The van der Waals surface area contributed by atoms with Crippen molar-refractivity contribution >= 4 is 6.08 Å². The van der Waals surface area contributed by atoms with Gasteiger partial charge in [-0.2, -0.15) is 0 Å². The van der Waals surface area contributed by atoms with Gasteiger partial charge < -0.3 is 5.11 Å². The molecule has 0 bridgehead atoms. The maximum atomic E-state index is 10.3. The minimum Gasteiger partial charge on any atom is -0.386 e. The summed E-state index contributed by atoms with van der Waals surface area (Å²) in [6.45, 7) is 4.36. The molecule has 0 amide bonds. The highest BCUT2D eigenvalue weighted by atomic mass is 16.3. The van der Waals surface area contributed by atoms with Crippen molar-refractivity contribution in [3.63, 3.8) is 0 Å². The van der Waals surface area contributed by atoms with Gasteiger partial charge in [0.05, 0.1) is 5.60 Å². The summed E-state index contributed by atoms with van der Waals surface area (Å²) in [6.07, 6.45) is 10.6. The van der Waals surface area contributed by atoms with Crippen LogP contribution in [0.2, 0.25) is 0 Å². The van der Waals surface area contributed by atoms with E-state index in [2.05, 4.69) is 38.1 Å². The molecule has 1 aromatic carbocycles. The van der Waals surface area contributed by atoms with Crippen LogP contribution >= 0.6 is 0 Å². The Morgan fingerprint density at radius 2 is 2.00 bits per heavy atom. The highest BCUT2D eigenvalue weighted by Gasteiger charge is 2.27. The second-order valence-corrected chi connectivity index (χ2v) is 5.58. The molecule has 1 aliphatic rings. The molecule has 0 spiro atoms. The highest BCUT2D eigenvalue weighted by molar-refractivity contribution is 5.55. The average molecular weight is 244 g/mol. The molecule has 2 rings (SSSR count). The number of benzene rings is 1. The fourth-order valence-corrected chi connectivity index (χ4v) is 2.77. The molecule has 1 aromatic rings. The van der Waals surface area contributed by atoms with Crippen molar-refractivity contribution in [3.05, 3.63) is 41.0 Å². The Bertz CT molecular complexity index is 425. The van der Waals surface area contributed by atoms with Crippen LogP contribution in [0.5, 0.6) is 0 Å². The molecule has 0 atom stereocenters. The Kier molecular flexibility index (Phi) is 4.23. The third-order valence-corrected chi connectivity index (χ3v) is 3.92. The zero-order valence-electron chi connectivity index (χ0n) is 11.6. The lowest BCUT2D eigenvalue weighted by Crippen LogP contribution is -2.19. The van der Waals surface area contributed by atoms with E-state index in [-0.39, 0.29) is 0 Å². The van der Waals surface area contributed by atoms with Crippen molar-refractivity contribution in [1.82, 2.24) is 0 Å². The van der Waals surface area contributed by atoms with Gasteiger partial charge in [-0.15, -0.1) is 0 Å². The fourth-order valence-electron chi connectivity index (χ4n) is 2.77. The molecule has 0 radical (unpaired) electrons. The van der Waals surface area contributed by atoms with Crippen LogP contribution in [0.15, 0.2) is 24.3 Å². The second kappa shape index (κ2) is 5.71. The van der Waals surface area contributed by atoms with Gasteiger partial charge in [0.1, 0.15) is 0 Å². The van der Waals surface area contributed by atoms with Gasteiger partial charge in [0.25, 0.3) is 0 Å². The molecule has 0 unspecified atom stereocenters. The molecule has 1 saturated carbocycles. The number of aliphatic hydroxyl groups is 1. The third-order valence-electron chi connectivity index (χ3n) is 3.92. The molecule has 1 heteroatoms. The highest BCUT2D eigenvalue weighted by Crippen LogP contribution is 2.31. The summed E-state index contributed by atoms with van der Waals surface area (Å²) in [6, 6.07) is 6.64. The van der Waals surface area contributed by atoms with Crippen LogP contribution in [0.25, 0.3) is 6.08 Å². The topological polar surface area (TPSA) is 20.2 Å². The molecular weight excluding hydrogens is 220 g/mol. The van der Waals surface area contributed by atoms with Crippen LogP contribution in [-0.4, -0.2) is 10.7 Å². The molecule has 0 saturated heterocycles. The van der Waals surface area contributed by atoms with Crippen molar-refractivity contribution in [2.45, 2.75) is 58.0 Å². The van der Waals surface area contributed by atoms with Gasteiger partial charge in [-0.25, -0.2) is 0 Å². The first-order valence-corrected chi connectivity index (χ1v) is 7.14. The van der Waals surface area contributed by atoms with E-state index in [1.807, 2.05) is 6.08 Å². The molecule has 1 fully saturated rings. The Morgan fingerprint density at radius 1 is 1.28 bits per heavy atom. The number of hydrogen-bond donors (Lipinski definition) is 1. The molecule has 1 nitrogen and oxygen atoms in total. The maximum absolute atomic E-state index is 10.3. The van der Waals surface area contributed by atoms with Gasteiger partial charge in [-0.1, -0.05) is 56.5 Å². The molecular formula is C17H24O. The van der Waals surface area contributed by atoms with E-state index in [1.165, 1.54) is 23.1 Å². The largest absolute Gasteiger partial charge is 0.386 e. The van der Waals surface area contributed by atoms with Crippen LogP contribution < -0.4 is 0 Å². The maximum Gasteiger partial charge on any atom is 0.0830 e. The van der Waals surface area contributed by atoms with Crippen molar-refractivity contribution in [3.8, 4) is 0 Å². The van der Waals surface area contributed by atoms with Gasteiger partial charge >= 0.3 is 0 Å². The van der Waals surface area contributed by atoms with Crippen molar-refractivity contribution in [2.24, 2.45) is 0 Å². The van der Waals surface area contributed by atoms with Gasteiger partial charge in [0.15, 0.2) is 0 Å². The van der Waals surface area contributed by atoms with Crippen molar-refractivity contribution in [2.75, 3.05) is 0 Å². The number of rotatable bonds is 4. The van der Waals surface area contributed by atoms with Crippen LogP contribution in [0.1, 0.15) is 55.7 Å². The summed E-state index contributed by atoms with van der Waals surface area (Å²) in [7, 11) is 0. The van der Waals surface area contributed by atoms with Gasteiger partial charge in [0, 0.05) is 0 Å². The second-order valence-electron chi connectivity index (χ2n) is 5.58. The van der Waals surface area contributed by atoms with E-state index < -0.39 is 5.60 Å². The predicted octanol–water partition coefficient (Wildman–Crippen LogP) is 4.27. The van der Waals surface area contributed by atoms with Crippen LogP contribution in [-0.2, 0) is 6.42 Å². The van der Waals surface area contributed by atoms with E-state index in [0.717, 1.165) is 32.1 Å². The summed E-state index contributed by atoms with van der Waals surface area (Å²) in [5, 5.41) is 10.3. The van der Waals surface area contributed by atoms with Crippen LogP contribution in [0, 0.1) is 6.92 Å². The predicted molar refractivity (Wildman–Crippen MR) is 77.6 cm³/mol. The fraction of sp³-hybridized carbons (Fsp3) is 0.529. The van der Waals surface area contributed by atoms with Gasteiger partial charge in [-0.3, -0.25) is 0 Å². The first kappa shape index (κ1) is 13.4. The van der Waals surface area contributed by atoms with Gasteiger partial charge in [-0.05, 0) is 42.9 Å². The van der Waals surface area contributed by atoms with Crippen molar-refractivity contribution < 1.29 is 5.11 Å². The minimum absolute atomic E-state index is 0.547. The summed E-state index contributed by atoms with van der Waals surface area (Å²) < 4.78 is 0. The van der Waals surface area contributed by atoms with E-state index in [9.17, 15) is 5.11 Å². The lowest BCUT2D eigenvalue weighted by atomic mass is 9.98. The molecule has 1 N–H and O–H groups in total. The normalized spacial score (nSPS) is 18.6. The number of hydrogen-bond acceptors (Lipinski definition) is 1. The van der Waals surface area contributed by atoms with E-state index in [0.29, 0.717) is 0 Å². The number of aryl methyl sites for hydroxylation is 2.